The van der Waals surface area contributed by atoms with E-state index >= 15 is 0 Å². The first-order chi connectivity index (χ1) is 8.40. The normalized spacial score (nSPS) is 25.9. The monoisotopic (exact) mass is 266 g/mol. The van der Waals surface area contributed by atoms with Gasteiger partial charge in [-0.3, -0.25) is 0 Å². The Hall–Kier alpha value is -1.39. The van der Waals surface area contributed by atoms with E-state index in [0.717, 1.165) is 24.1 Å². The summed E-state index contributed by atoms with van der Waals surface area (Å²) in [6, 6.07) is 5.74. The number of phenolic OH excluding ortho intramolecular Hbond substituents is 1. The van der Waals surface area contributed by atoms with Crippen LogP contribution in [0.4, 0.5) is 0 Å². The third kappa shape index (κ3) is 2.38. The molecular weight excluding hydrogens is 240 g/mol. The van der Waals surface area contributed by atoms with Gasteiger partial charge in [0.25, 0.3) is 0 Å². The van der Waals surface area contributed by atoms with Gasteiger partial charge in [-0.05, 0) is 50.2 Å². The zero-order valence-corrected chi connectivity index (χ0v) is 12.1. The van der Waals surface area contributed by atoms with Gasteiger partial charge in [0, 0.05) is 12.6 Å². The molecule has 0 saturated carbocycles. The van der Waals surface area contributed by atoms with Crippen LogP contribution in [0.1, 0.15) is 32.8 Å². The van der Waals surface area contributed by atoms with Gasteiger partial charge in [-0.2, -0.15) is 0 Å². The standard InChI is InChI=1S/C15H22N2O.H2O.H2/c1-5-15(2)12-9-11(18)7-6-10(12)8-13(14(15)16)17(3)4;;/h6-7,9,13,16,18H,5,8H2,1-4H3;1H2;1H. The molecule has 0 spiro atoms. The summed E-state index contributed by atoms with van der Waals surface area (Å²) in [7, 11) is 4.06. The lowest BCUT2D eigenvalue weighted by Gasteiger charge is -2.42. The van der Waals surface area contributed by atoms with Crippen LogP contribution >= 0.6 is 0 Å². The first-order valence-electron chi connectivity index (χ1n) is 6.48. The Morgan fingerprint density at radius 2 is 2.11 bits per heavy atom. The Bertz CT molecular complexity index is 491. The summed E-state index contributed by atoms with van der Waals surface area (Å²) in [6.45, 7) is 4.23. The summed E-state index contributed by atoms with van der Waals surface area (Å²) in [4.78, 5) is 2.12. The number of hydrogen-bond donors (Lipinski definition) is 2. The van der Waals surface area contributed by atoms with Crippen LogP contribution in [0.5, 0.6) is 5.75 Å². The lowest BCUT2D eigenvalue weighted by molar-refractivity contribution is 0.332. The van der Waals surface area contributed by atoms with Crippen molar-refractivity contribution >= 4 is 5.71 Å². The molecule has 4 nitrogen and oxygen atoms in total. The second-order valence-electron chi connectivity index (χ2n) is 5.62. The Labute approximate surface area is 116 Å². The summed E-state index contributed by atoms with van der Waals surface area (Å²) in [5, 5.41) is 18.2. The lowest BCUT2D eigenvalue weighted by atomic mass is 9.66. The van der Waals surface area contributed by atoms with Gasteiger partial charge in [0.05, 0.1) is 6.04 Å². The van der Waals surface area contributed by atoms with E-state index in [4.69, 9.17) is 5.41 Å². The van der Waals surface area contributed by atoms with E-state index in [1.165, 1.54) is 5.56 Å². The minimum atomic E-state index is -0.263. The summed E-state index contributed by atoms with van der Waals surface area (Å²) in [5.41, 5.74) is 2.87. The van der Waals surface area contributed by atoms with Crippen LogP contribution in [0.2, 0.25) is 0 Å². The van der Waals surface area contributed by atoms with Crippen molar-refractivity contribution in [3.8, 4) is 5.75 Å². The van der Waals surface area contributed by atoms with E-state index in [2.05, 4.69) is 18.7 Å². The molecule has 2 unspecified atom stereocenters. The average molecular weight is 266 g/mol. The van der Waals surface area contributed by atoms with E-state index < -0.39 is 0 Å². The fourth-order valence-corrected chi connectivity index (χ4v) is 2.90. The zero-order chi connectivity index (χ0) is 13.5. The summed E-state index contributed by atoms with van der Waals surface area (Å²) < 4.78 is 0. The second kappa shape index (κ2) is 5.31. The molecule has 0 aliphatic heterocycles. The smallest absolute Gasteiger partial charge is 0.115 e. The number of benzene rings is 1. The number of nitrogens with zero attached hydrogens (tertiary/aromatic N) is 1. The minimum absolute atomic E-state index is 0. The highest BCUT2D eigenvalue weighted by Crippen LogP contribution is 2.39. The van der Waals surface area contributed by atoms with Crippen molar-refractivity contribution in [2.24, 2.45) is 0 Å². The zero-order valence-electron chi connectivity index (χ0n) is 12.1. The third-order valence-electron chi connectivity index (χ3n) is 4.36. The number of fused-ring (bicyclic) bond motifs is 1. The number of nitrogens with one attached hydrogen (secondary N) is 1. The predicted octanol–water partition coefficient (Wildman–Crippen LogP) is 1.99. The molecule has 1 aliphatic rings. The fraction of sp³-hybridized carbons (Fsp3) is 0.533. The van der Waals surface area contributed by atoms with Gasteiger partial charge in [0.15, 0.2) is 0 Å². The molecule has 0 amide bonds. The van der Waals surface area contributed by atoms with Gasteiger partial charge in [-0.1, -0.05) is 19.9 Å². The molecular formula is C15H26N2O2. The van der Waals surface area contributed by atoms with Crippen molar-refractivity contribution in [1.82, 2.24) is 4.90 Å². The SMILES string of the molecule is CCC1(C)C(=N)C(N(C)C)Cc2ccc(O)cc21.O.[HH]. The topological polar surface area (TPSA) is 78.8 Å². The van der Waals surface area contributed by atoms with Crippen LogP contribution in [0.15, 0.2) is 18.2 Å². The van der Waals surface area contributed by atoms with Gasteiger partial charge < -0.3 is 20.9 Å². The Balaban J connectivity index is 0.00000180. The van der Waals surface area contributed by atoms with Crippen LogP contribution in [0.25, 0.3) is 0 Å². The molecule has 1 aromatic carbocycles. The quantitative estimate of drug-likeness (QED) is 0.858. The van der Waals surface area contributed by atoms with Gasteiger partial charge in [0.2, 0.25) is 0 Å². The number of likely N-dealkylation sites (N-methyl/N-ethyl adjacent to an activating group) is 1. The molecule has 0 saturated heterocycles. The molecule has 0 heterocycles. The second-order valence-corrected chi connectivity index (χ2v) is 5.62. The van der Waals surface area contributed by atoms with Crippen LogP contribution in [0, 0.1) is 5.41 Å². The number of phenols is 1. The van der Waals surface area contributed by atoms with E-state index in [0.29, 0.717) is 5.75 Å². The largest absolute Gasteiger partial charge is 0.508 e. The van der Waals surface area contributed by atoms with Crippen LogP contribution < -0.4 is 0 Å². The summed E-state index contributed by atoms with van der Waals surface area (Å²) in [5.74, 6) is 0.296. The molecule has 108 valence electrons. The minimum Gasteiger partial charge on any atom is -0.508 e. The molecule has 0 radical (unpaired) electrons. The fourth-order valence-electron chi connectivity index (χ4n) is 2.90. The van der Waals surface area contributed by atoms with Gasteiger partial charge in [0.1, 0.15) is 5.75 Å². The molecule has 0 aromatic heterocycles. The number of hydrogen-bond acceptors (Lipinski definition) is 3. The first-order valence-corrected chi connectivity index (χ1v) is 6.48. The van der Waals surface area contributed by atoms with Crippen molar-refractivity contribution in [2.45, 2.75) is 38.1 Å². The summed E-state index contributed by atoms with van der Waals surface area (Å²) >= 11 is 0. The van der Waals surface area contributed by atoms with E-state index in [-0.39, 0.29) is 18.4 Å². The Kier molecular flexibility index (Phi) is 4.38. The molecule has 2 rings (SSSR count). The highest BCUT2D eigenvalue weighted by atomic mass is 16.3. The molecule has 2 atom stereocenters. The maximum absolute atomic E-state index is 9.70. The van der Waals surface area contributed by atoms with Crippen molar-refractivity contribution < 1.29 is 12.0 Å². The van der Waals surface area contributed by atoms with E-state index in [1.807, 2.05) is 26.2 Å². The molecule has 0 fully saturated rings. The van der Waals surface area contributed by atoms with Crippen LogP contribution in [-0.4, -0.2) is 41.3 Å². The highest BCUT2D eigenvalue weighted by Gasteiger charge is 2.41. The lowest BCUT2D eigenvalue weighted by Crippen LogP contribution is -2.51. The Morgan fingerprint density at radius 3 is 2.63 bits per heavy atom. The van der Waals surface area contributed by atoms with Crippen molar-refractivity contribution in [1.29, 1.82) is 5.41 Å². The number of rotatable bonds is 2. The van der Waals surface area contributed by atoms with E-state index in [9.17, 15) is 5.11 Å². The highest BCUT2D eigenvalue weighted by molar-refractivity contribution is 5.98. The maximum atomic E-state index is 9.70. The molecule has 19 heavy (non-hydrogen) atoms. The van der Waals surface area contributed by atoms with Crippen molar-refractivity contribution in [3.63, 3.8) is 0 Å². The van der Waals surface area contributed by atoms with E-state index in [1.54, 1.807) is 6.07 Å². The maximum Gasteiger partial charge on any atom is 0.115 e. The molecule has 4 N–H and O–H groups in total. The molecule has 4 heteroatoms. The average Bonchev–Trinajstić information content (AvgIpc) is 2.34. The van der Waals surface area contributed by atoms with Gasteiger partial charge in [-0.15, -0.1) is 0 Å². The Morgan fingerprint density at radius 1 is 1.47 bits per heavy atom. The number of aromatic hydroxyl groups is 1. The summed E-state index contributed by atoms with van der Waals surface area (Å²) in [6.07, 6.45) is 1.74. The van der Waals surface area contributed by atoms with Crippen molar-refractivity contribution in [2.75, 3.05) is 14.1 Å². The van der Waals surface area contributed by atoms with Crippen LogP contribution in [-0.2, 0) is 11.8 Å². The molecule has 0 bridgehead atoms. The van der Waals surface area contributed by atoms with Gasteiger partial charge in [-0.25, -0.2) is 0 Å². The van der Waals surface area contributed by atoms with Gasteiger partial charge >= 0.3 is 0 Å². The van der Waals surface area contributed by atoms with Crippen LogP contribution in [0.3, 0.4) is 0 Å². The van der Waals surface area contributed by atoms with Crippen molar-refractivity contribution in [3.05, 3.63) is 29.3 Å². The molecule has 1 aromatic rings. The first kappa shape index (κ1) is 15.7. The predicted molar refractivity (Wildman–Crippen MR) is 80.4 cm³/mol. The molecule has 1 aliphatic carbocycles. The third-order valence-corrected chi connectivity index (χ3v) is 4.36.